The van der Waals surface area contributed by atoms with Gasteiger partial charge in [-0.1, -0.05) is 25.8 Å². The molecule has 4 heteroatoms. The van der Waals surface area contributed by atoms with Gasteiger partial charge in [-0.3, -0.25) is 4.79 Å². The summed E-state index contributed by atoms with van der Waals surface area (Å²) >= 11 is 0. The molecule has 2 atom stereocenters. The van der Waals surface area contributed by atoms with Crippen LogP contribution in [-0.2, 0) is 16.8 Å². The van der Waals surface area contributed by atoms with Crippen LogP contribution in [0.3, 0.4) is 0 Å². The van der Waals surface area contributed by atoms with E-state index in [1.54, 1.807) is 13.0 Å². The van der Waals surface area contributed by atoms with Crippen LogP contribution in [0.25, 0.3) is 0 Å². The van der Waals surface area contributed by atoms with Crippen molar-refractivity contribution in [2.45, 2.75) is 71.0 Å². The van der Waals surface area contributed by atoms with Crippen LogP contribution in [0.4, 0.5) is 0 Å². The molecule has 0 saturated heterocycles. The van der Waals surface area contributed by atoms with Gasteiger partial charge in [-0.15, -0.1) is 0 Å². The van der Waals surface area contributed by atoms with E-state index < -0.39 is 17.1 Å². The number of unbranched alkanes of at least 4 members (excludes halogenated alkanes) is 2. The van der Waals surface area contributed by atoms with E-state index in [0.717, 1.165) is 31.2 Å². The summed E-state index contributed by atoms with van der Waals surface area (Å²) in [5.41, 5.74) is -0.703. The third kappa shape index (κ3) is 2.77. The maximum Gasteiger partial charge on any atom is 0.195 e. The largest absolute Gasteiger partial charge is 0.507 e. The second kappa shape index (κ2) is 6.17. The number of ketones is 1. The molecule has 2 aliphatic rings. The number of phenolic OH excluding ortho intramolecular Hbond substituents is 1. The zero-order chi connectivity index (χ0) is 18.4. The van der Waals surface area contributed by atoms with Crippen LogP contribution in [0.1, 0.15) is 64.5 Å². The van der Waals surface area contributed by atoms with Crippen molar-refractivity contribution in [3.05, 3.63) is 34.9 Å². The lowest BCUT2D eigenvalue weighted by atomic mass is 9.63. The van der Waals surface area contributed by atoms with Gasteiger partial charge < -0.3 is 14.9 Å². The topological polar surface area (TPSA) is 66.8 Å². The normalized spacial score (nSPS) is 27.2. The SMILES string of the molecule is CCCCCc1cc(O)c2c(c1)OC(C)(C)[C@@H]1CC=C(C)C(=O)[C@@]21O. The summed E-state index contributed by atoms with van der Waals surface area (Å²) in [4.78, 5) is 12.9. The Morgan fingerprint density at radius 1 is 1.28 bits per heavy atom. The summed E-state index contributed by atoms with van der Waals surface area (Å²) in [7, 11) is 0. The Hall–Kier alpha value is -1.81. The van der Waals surface area contributed by atoms with Crippen LogP contribution in [0, 0.1) is 5.92 Å². The van der Waals surface area contributed by atoms with Crippen molar-refractivity contribution in [3.8, 4) is 11.5 Å². The smallest absolute Gasteiger partial charge is 0.195 e. The molecule has 0 fully saturated rings. The average molecular weight is 344 g/mol. The maximum absolute atomic E-state index is 12.9. The van der Waals surface area contributed by atoms with Gasteiger partial charge in [0.1, 0.15) is 17.1 Å². The van der Waals surface area contributed by atoms with Crippen LogP contribution in [0.15, 0.2) is 23.8 Å². The van der Waals surface area contributed by atoms with Gasteiger partial charge in [-0.2, -0.15) is 0 Å². The third-order valence-electron chi connectivity index (χ3n) is 5.67. The second-order valence-corrected chi connectivity index (χ2v) is 7.92. The maximum atomic E-state index is 12.9. The number of aliphatic hydroxyl groups is 1. The van der Waals surface area contributed by atoms with Crippen molar-refractivity contribution in [2.24, 2.45) is 5.92 Å². The summed E-state index contributed by atoms with van der Waals surface area (Å²) < 4.78 is 6.16. The van der Waals surface area contributed by atoms with Crippen molar-refractivity contribution in [2.75, 3.05) is 0 Å². The monoisotopic (exact) mass is 344 g/mol. The second-order valence-electron chi connectivity index (χ2n) is 7.92. The first-order chi connectivity index (χ1) is 11.7. The molecular formula is C21H28O4. The number of ether oxygens (including phenoxy) is 1. The molecule has 1 heterocycles. The van der Waals surface area contributed by atoms with Gasteiger partial charge in [-0.05, 0) is 63.3 Å². The summed E-state index contributed by atoms with van der Waals surface area (Å²) in [6.45, 7) is 7.66. The summed E-state index contributed by atoms with van der Waals surface area (Å²) in [6, 6.07) is 3.55. The summed E-state index contributed by atoms with van der Waals surface area (Å²) in [5.74, 6) is -0.385. The Bertz CT molecular complexity index is 732. The Kier molecular flexibility index (Phi) is 4.44. The minimum absolute atomic E-state index is 0.0463. The fourth-order valence-corrected chi connectivity index (χ4v) is 4.29. The van der Waals surface area contributed by atoms with Crippen LogP contribution >= 0.6 is 0 Å². The van der Waals surface area contributed by atoms with Gasteiger partial charge in [0.05, 0.1) is 5.56 Å². The molecule has 0 aromatic heterocycles. The van der Waals surface area contributed by atoms with Gasteiger partial charge in [-0.25, -0.2) is 0 Å². The molecule has 1 aromatic rings. The molecule has 136 valence electrons. The highest BCUT2D eigenvalue weighted by atomic mass is 16.5. The summed E-state index contributed by atoms with van der Waals surface area (Å²) in [5, 5.41) is 22.1. The molecule has 25 heavy (non-hydrogen) atoms. The molecule has 4 nitrogen and oxygen atoms in total. The number of fused-ring (bicyclic) bond motifs is 3. The van der Waals surface area contributed by atoms with Gasteiger partial charge in [0.15, 0.2) is 11.4 Å². The van der Waals surface area contributed by atoms with Crippen LogP contribution in [0.5, 0.6) is 11.5 Å². The van der Waals surface area contributed by atoms with E-state index in [1.807, 2.05) is 26.0 Å². The Labute approximate surface area is 149 Å². The van der Waals surface area contributed by atoms with E-state index >= 15 is 0 Å². The van der Waals surface area contributed by atoms with E-state index in [9.17, 15) is 15.0 Å². The minimum atomic E-state index is -1.73. The lowest BCUT2D eigenvalue weighted by Crippen LogP contribution is -2.58. The number of aryl methyl sites for hydroxylation is 1. The number of hydrogen-bond donors (Lipinski definition) is 2. The lowest BCUT2D eigenvalue weighted by molar-refractivity contribution is -0.162. The Morgan fingerprint density at radius 2 is 2.00 bits per heavy atom. The molecule has 0 saturated carbocycles. The van der Waals surface area contributed by atoms with Crippen molar-refractivity contribution >= 4 is 5.78 Å². The molecule has 0 unspecified atom stereocenters. The first-order valence-corrected chi connectivity index (χ1v) is 9.21. The predicted molar refractivity (Wildman–Crippen MR) is 96.8 cm³/mol. The van der Waals surface area contributed by atoms with Gasteiger partial charge in [0, 0.05) is 5.92 Å². The number of aromatic hydroxyl groups is 1. The van der Waals surface area contributed by atoms with Gasteiger partial charge in [0.2, 0.25) is 0 Å². The van der Waals surface area contributed by atoms with Crippen molar-refractivity contribution in [1.29, 1.82) is 0 Å². The number of carbonyl (C=O) groups excluding carboxylic acids is 1. The van der Waals surface area contributed by atoms with Crippen molar-refractivity contribution < 1.29 is 19.7 Å². The van der Waals surface area contributed by atoms with Gasteiger partial charge in [0.25, 0.3) is 0 Å². The molecule has 1 aromatic carbocycles. The first kappa shape index (κ1) is 18.0. The molecule has 0 spiro atoms. The first-order valence-electron chi connectivity index (χ1n) is 9.21. The summed E-state index contributed by atoms with van der Waals surface area (Å²) in [6.07, 6.45) is 6.52. The minimum Gasteiger partial charge on any atom is -0.507 e. The van der Waals surface area contributed by atoms with Crippen molar-refractivity contribution in [1.82, 2.24) is 0 Å². The number of allylic oxidation sites excluding steroid dienone is 1. The molecule has 1 aliphatic heterocycles. The molecule has 0 amide bonds. The standard InChI is InChI=1S/C21H28O4/c1-5-6-7-8-14-11-15(22)18-16(12-14)25-20(3,4)17-10-9-13(2)19(23)21(17,18)24/h9,11-12,17,22,24H,5-8,10H2,1-4H3/t17-,21-/m0/s1. The van der Waals surface area contributed by atoms with Crippen molar-refractivity contribution in [3.63, 3.8) is 0 Å². The molecule has 0 radical (unpaired) electrons. The Balaban J connectivity index is 2.12. The molecule has 3 rings (SSSR count). The number of benzene rings is 1. The predicted octanol–water partition coefficient (Wildman–Crippen LogP) is 4.02. The fraction of sp³-hybridized carbons (Fsp3) is 0.571. The molecular weight excluding hydrogens is 316 g/mol. The number of Topliss-reactive ketones (excluding diaryl/α,β-unsaturated/α-hetero) is 1. The number of phenols is 1. The van der Waals surface area contributed by atoms with Gasteiger partial charge >= 0.3 is 0 Å². The third-order valence-corrected chi connectivity index (χ3v) is 5.67. The van der Waals surface area contributed by atoms with E-state index in [4.69, 9.17) is 4.74 Å². The highest BCUT2D eigenvalue weighted by Crippen LogP contribution is 2.55. The van der Waals surface area contributed by atoms with Crippen LogP contribution < -0.4 is 4.74 Å². The van der Waals surface area contributed by atoms with Crippen LogP contribution in [0.2, 0.25) is 0 Å². The van der Waals surface area contributed by atoms with E-state index in [0.29, 0.717) is 17.7 Å². The number of hydrogen-bond acceptors (Lipinski definition) is 4. The number of rotatable bonds is 4. The molecule has 2 N–H and O–H groups in total. The zero-order valence-electron chi connectivity index (χ0n) is 15.6. The lowest BCUT2D eigenvalue weighted by Gasteiger charge is -2.50. The number of carbonyl (C=O) groups is 1. The van der Waals surface area contributed by atoms with E-state index in [2.05, 4.69) is 6.92 Å². The van der Waals surface area contributed by atoms with E-state index in [-0.39, 0.29) is 17.1 Å². The Morgan fingerprint density at radius 3 is 2.68 bits per heavy atom. The fourth-order valence-electron chi connectivity index (χ4n) is 4.29. The highest BCUT2D eigenvalue weighted by molar-refractivity contribution is 6.04. The molecule has 0 bridgehead atoms. The quantitative estimate of drug-likeness (QED) is 0.810. The zero-order valence-corrected chi connectivity index (χ0v) is 15.6. The average Bonchev–Trinajstić information content (AvgIpc) is 2.51. The van der Waals surface area contributed by atoms with Crippen LogP contribution in [-0.4, -0.2) is 21.6 Å². The molecule has 1 aliphatic carbocycles. The van der Waals surface area contributed by atoms with E-state index in [1.165, 1.54) is 0 Å². The highest BCUT2D eigenvalue weighted by Gasteiger charge is 2.59.